The Bertz CT molecular complexity index is 1190. The average Bonchev–Trinajstić information content (AvgIpc) is 3.14. The van der Waals surface area contributed by atoms with Crippen molar-refractivity contribution in [1.29, 1.82) is 0 Å². The molecule has 32 heavy (non-hydrogen) atoms. The van der Waals surface area contributed by atoms with Crippen molar-refractivity contribution >= 4 is 17.3 Å². The molecule has 1 heterocycles. The molecule has 3 rings (SSSR count). The van der Waals surface area contributed by atoms with Crippen LogP contribution in [0.2, 0.25) is 0 Å². The number of amides is 1. The van der Waals surface area contributed by atoms with Gasteiger partial charge in [0.1, 0.15) is 18.0 Å². The third-order valence-electron chi connectivity index (χ3n) is 4.61. The molecule has 0 spiro atoms. The van der Waals surface area contributed by atoms with Gasteiger partial charge in [-0.2, -0.15) is 18.3 Å². The third-order valence-corrected chi connectivity index (χ3v) is 4.61. The van der Waals surface area contributed by atoms with Gasteiger partial charge in [0.15, 0.2) is 5.69 Å². The molecule has 1 amide bonds. The summed E-state index contributed by atoms with van der Waals surface area (Å²) in [6.45, 7) is 5.14. The molecule has 11 heteroatoms. The molecular formula is C21H19F3N4O4. The van der Waals surface area contributed by atoms with Crippen LogP contribution < -0.4 is 10.1 Å². The van der Waals surface area contributed by atoms with Crippen LogP contribution in [-0.4, -0.2) is 20.6 Å². The van der Waals surface area contributed by atoms with E-state index < -0.39 is 29.2 Å². The topological polar surface area (TPSA) is 99.3 Å². The number of benzene rings is 2. The van der Waals surface area contributed by atoms with Gasteiger partial charge in [0, 0.05) is 18.3 Å². The van der Waals surface area contributed by atoms with Crippen LogP contribution in [0.25, 0.3) is 0 Å². The summed E-state index contributed by atoms with van der Waals surface area (Å²) in [6.07, 6.45) is -3.60. The molecule has 0 aliphatic heterocycles. The van der Waals surface area contributed by atoms with Crippen LogP contribution in [-0.2, 0) is 17.5 Å². The Labute approximate surface area is 180 Å². The number of nitrogens with zero attached hydrogens (tertiary/aromatic N) is 3. The summed E-state index contributed by atoms with van der Waals surface area (Å²) in [6, 6.07) is 8.25. The van der Waals surface area contributed by atoms with Crippen molar-refractivity contribution in [3.05, 3.63) is 75.1 Å². The molecule has 0 unspecified atom stereocenters. The van der Waals surface area contributed by atoms with E-state index in [9.17, 15) is 28.1 Å². The molecule has 0 radical (unpaired) electrons. The van der Waals surface area contributed by atoms with Gasteiger partial charge in [-0.3, -0.25) is 19.6 Å². The van der Waals surface area contributed by atoms with E-state index in [1.807, 2.05) is 26.8 Å². The first-order valence-corrected chi connectivity index (χ1v) is 9.38. The highest BCUT2D eigenvalue weighted by Crippen LogP contribution is 2.33. The number of alkyl halides is 3. The van der Waals surface area contributed by atoms with Crippen LogP contribution in [0.15, 0.2) is 42.6 Å². The second-order valence-corrected chi connectivity index (χ2v) is 7.22. The van der Waals surface area contributed by atoms with Crippen molar-refractivity contribution in [3.63, 3.8) is 0 Å². The predicted octanol–water partition coefficient (Wildman–Crippen LogP) is 5.17. The fourth-order valence-corrected chi connectivity index (χ4v) is 3.00. The molecule has 8 nitrogen and oxygen atoms in total. The van der Waals surface area contributed by atoms with Crippen molar-refractivity contribution < 1.29 is 27.6 Å². The molecule has 1 N–H and O–H groups in total. The van der Waals surface area contributed by atoms with E-state index in [4.69, 9.17) is 4.74 Å². The maximum absolute atomic E-state index is 12.7. The zero-order valence-corrected chi connectivity index (χ0v) is 17.4. The van der Waals surface area contributed by atoms with Gasteiger partial charge in [-0.15, -0.1) is 0 Å². The van der Waals surface area contributed by atoms with Crippen LogP contribution >= 0.6 is 0 Å². The molecule has 0 fully saturated rings. The Morgan fingerprint density at radius 1 is 1.19 bits per heavy atom. The largest absolute Gasteiger partial charge is 0.457 e. The molecule has 1 aromatic heterocycles. The lowest BCUT2D eigenvalue weighted by Gasteiger charge is -2.13. The summed E-state index contributed by atoms with van der Waals surface area (Å²) in [5.74, 6) is -0.0756. The second kappa shape index (κ2) is 8.69. The molecule has 0 saturated heterocycles. The van der Waals surface area contributed by atoms with Crippen molar-refractivity contribution in [2.24, 2.45) is 0 Å². The molecule has 0 saturated carbocycles. The number of nitro groups is 1. The number of rotatable bonds is 6. The van der Waals surface area contributed by atoms with Crippen molar-refractivity contribution in [1.82, 2.24) is 9.78 Å². The van der Waals surface area contributed by atoms with Gasteiger partial charge in [0.2, 0.25) is 5.91 Å². The summed E-state index contributed by atoms with van der Waals surface area (Å²) in [5.41, 5.74) is 1.39. The number of nitro benzene ring substituents is 1. The summed E-state index contributed by atoms with van der Waals surface area (Å²) in [7, 11) is 0. The SMILES string of the molecule is Cc1cc(C)c(C)c(Oc2cc(NC(=O)Cn3ccc(C(F)(F)F)n3)cc([N+](=O)[O-])c2)c1. The van der Waals surface area contributed by atoms with Gasteiger partial charge >= 0.3 is 6.18 Å². The van der Waals surface area contributed by atoms with E-state index in [1.165, 1.54) is 12.1 Å². The second-order valence-electron chi connectivity index (χ2n) is 7.22. The van der Waals surface area contributed by atoms with Gasteiger partial charge in [0.25, 0.3) is 5.69 Å². The number of nitrogens with one attached hydrogen (secondary N) is 1. The number of aromatic nitrogens is 2. The molecule has 0 bridgehead atoms. The molecule has 0 aliphatic carbocycles. The molecule has 3 aromatic rings. The number of ether oxygens (including phenoxy) is 1. The zero-order chi connectivity index (χ0) is 23.6. The molecule has 0 atom stereocenters. The van der Waals surface area contributed by atoms with Crippen LogP contribution in [0.4, 0.5) is 24.5 Å². The number of carbonyl (C=O) groups is 1. The van der Waals surface area contributed by atoms with E-state index in [0.717, 1.165) is 39.7 Å². The number of anilines is 1. The number of carbonyl (C=O) groups excluding carboxylic acids is 1. The highest BCUT2D eigenvalue weighted by atomic mass is 19.4. The van der Waals surface area contributed by atoms with E-state index in [1.54, 1.807) is 6.07 Å². The fraction of sp³-hybridized carbons (Fsp3) is 0.238. The first kappa shape index (κ1) is 22.8. The summed E-state index contributed by atoms with van der Waals surface area (Å²) in [5, 5.41) is 17.1. The van der Waals surface area contributed by atoms with Crippen LogP contribution in [0.3, 0.4) is 0 Å². The van der Waals surface area contributed by atoms with E-state index in [2.05, 4.69) is 10.4 Å². The molecule has 168 valence electrons. The highest BCUT2D eigenvalue weighted by Gasteiger charge is 2.33. The van der Waals surface area contributed by atoms with Gasteiger partial charge in [-0.05, 0) is 49.6 Å². The van der Waals surface area contributed by atoms with Gasteiger partial charge in [0.05, 0.1) is 16.7 Å². The van der Waals surface area contributed by atoms with Crippen LogP contribution in [0.5, 0.6) is 11.5 Å². The Balaban J connectivity index is 1.82. The number of non-ortho nitro benzene ring substituents is 1. The zero-order valence-electron chi connectivity index (χ0n) is 17.4. The van der Waals surface area contributed by atoms with Crippen molar-refractivity contribution in [3.8, 4) is 11.5 Å². The fourth-order valence-electron chi connectivity index (χ4n) is 3.00. The van der Waals surface area contributed by atoms with Crippen molar-refractivity contribution in [2.45, 2.75) is 33.5 Å². The summed E-state index contributed by atoms with van der Waals surface area (Å²) in [4.78, 5) is 23.0. The number of halogens is 3. The van der Waals surface area contributed by atoms with Crippen molar-refractivity contribution in [2.75, 3.05) is 5.32 Å². The number of hydrogen-bond acceptors (Lipinski definition) is 5. The monoisotopic (exact) mass is 448 g/mol. The van der Waals surface area contributed by atoms with E-state index >= 15 is 0 Å². The van der Waals surface area contributed by atoms with Crippen LogP contribution in [0, 0.1) is 30.9 Å². The summed E-state index contributed by atoms with van der Waals surface area (Å²) >= 11 is 0. The average molecular weight is 448 g/mol. The van der Waals surface area contributed by atoms with Crippen LogP contribution in [0.1, 0.15) is 22.4 Å². The maximum atomic E-state index is 12.7. The first-order chi connectivity index (χ1) is 14.9. The van der Waals surface area contributed by atoms with E-state index in [0.29, 0.717) is 5.75 Å². The lowest BCUT2D eigenvalue weighted by Crippen LogP contribution is -2.20. The Morgan fingerprint density at radius 2 is 1.91 bits per heavy atom. The minimum atomic E-state index is -4.62. The van der Waals surface area contributed by atoms with E-state index in [-0.39, 0.29) is 17.1 Å². The maximum Gasteiger partial charge on any atom is 0.435 e. The van der Waals surface area contributed by atoms with Gasteiger partial charge in [-0.1, -0.05) is 6.07 Å². The predicted molar refractivity (Wildman–Crippen MR) is 110 cm³/mol. The minimum Gasteiger partial charge on any atom is -0.457 e. The first-order valence-electron chi connectivity index (χ1n) is 9.38. The molecule has 0 aliphatic rings. The lowest BCUT2D eigenvalue weighted by molar-refractivity contribution is -0.384. The van der Waals surface area contributed by atoms with Gasteiger partial charge < -0.3 is 10.1 Å². The standard InChI is InChI=1S/C21H19F3N4O4/c1-12-6-13(2)14(3)18(7-12)32-17-9-15(8-16(10-17)28(30)31)25-20(29)11-27-5-4-19(26-27)21(22,23)24/h4-10H,11H2,1-3H3,(H,25,29). The Kier molecular flexibility index (Phi) is 6.19. The highest BCUT2D eigenvalue weighted by molar-refractivity contribution is 5.91. The van der Waals surface area contributed by atoms with Gasteiger partial charge in [-0.25, -0.2) is 0 Å². The number of aryl methyl sites for hydroxylation is 2. The minimum absolute atomic E-state index is 0.0597. The molecule has 2 aromatic carbocycles. The normalized spacial score (nSPS) is 11.3. The quantitative estimate of drug-likeness (QED) is 0.415. The summed E-state index contributed by atoms with van der Waals surface area (Å²) < 4.78 is 44.6. The third kappa shape index (κ3) is 5.42. The Hall–Kier alpha value is -3.89. The smallest absolute Gasteiger partial charge is 0.435 e. The molecular weight excluding hydrogens is 429 g/mol. The number of hydrogen-bond donors (Lipinski definition) is 1. The Morgan fingerprint density at radius 3 is 2.53 bits per heavy atom. The lowest BCUT2D eigenvalue weighted by atomic mass is 10.1.